The van der Waals surface area contributed by atoms with Crippen molar-refractivity contribution in [2.45, 2.75) is 38.8 Å². The highest BCUT2D eigenvalue weighted by Crippen LogP contribution is 2.31. The fourth-order valence-corrected chi connectivity index (χ4v) is 3.26. The molecule has 4 heteroatoms. The Kier molecular flexibility index (Phi) is 4.69. The Hall–Kier alpha value is -1.52. The molecule has 1 aromatic heterocycles. The number of benzene rings is 1. The van der Waals surface area contributed by atoms with Crippen LogP contribution >= 0.6 is 0 Å². The van der Waals surface area contributed by atoms with Gasteiger partial charge in [0.15, 0.2) is 11.3 Å². The van der Waals surface area contributed by atoms with Gasteiger partial charge in [0.05, 0.1) is 13.2 Å². The first-order valence-electron chi connectivity index (χ1n) is 8.09. The Morgan fingerprint density at radius 1 is 1.23 bits per heavy atom. The lowest BCUT2D eigenvalue weighted by Crippen LogP contribution is -2.38. The molecule has 1 saturated heterocycles. The number of ether oxygens (including phenoxy) is 2. The van der Waals surface area contributed by atoms with E-state index in [0.29, 0.717) is 12.0 Å². The number of hydrogen-bond acceptors (Lipinski definition) is 4. The number of para-hydroxylation sites is 1. The third-order valence-corrected chi connectivity index (χ3v) is 4.66. The van der Waals surface area contributed by atoms with Crippen LogP contribution in [0.2, 0.25) is 0 Å². The van der Waals surface area contributed by atoms with Crippen molar-refractivity contribution in [3.8, 4) is 5.75 Å². The van der Waals surface area contributed by atoms with Crippen LogP contribution in [0.1, 0.15) is 38.5 Å². The molecule has 1 fully saturated rings. The van der Waals surface area contributed by atoms with Gasteiger partial charge in [0.1, 0.15) is 5.76 Å². The van der Waals surface area contributed by atoms with E-state index in [-0.39, 0.29) is 6.04 Å². The Morgan fingerprint density at radius 2 is 2.00 bits per heavy atom. The Balaban J connectivity index is 1.72. The minimum atomic E-state index is 0.176. The van der Waals surface area contributed by atoms with Crippen LogP contribution in [0.25, 0.3) is 11.0 Å². The Morgan fingerprint density at radius 3 is 2.73 bits per heavy atom. The van der Waals surface area contributed by atoms with Crippen molar-refractivity contribution in [3.05, 3.63) is 30.0 Å². The molecule has 2 aromatic rings. The first kappa shape index (κ1) is 15.4. The molecule has 0 aliphatic carbocycles. The predicted octanol–water partition coefficient (Wildman–Crippen LogP) is 3.91. The van der Waals surface area contributed by atoms with E-state index in [1.54, 1.807) is 7.11 Å². The summed E-state index contributed by atoms with van der Waals surface area (Å²) in [7, 11) is 1.67. The Bertz CT molecular complexity index is 616. The lowest BCUT2D eigenvalue weighted by molar-refractivity contribution is 0.0543. The van der Waals surface area contributed by atoms with Gasteiger partial charge in [-0.15, -0.1) is 0 Å². The van der Waals surface area contributed by atoms with Crippen molar-refractivity contribution in [2.75, 3.05) is 20.3 Å². The van der Waals surface area contributed by atoms with E-state index in [9.17, 15) is 0 Å². The van der Waals surface area contributed by atoms with Crippen molar-refractivity contribution in [1.29, 1.82) is 0 Å². The lowest BCUT2D eigenvalue weighted by atomic mass is 9.92. The highest BCUT2D eigenvalue weighted by atomic mass is 16.5. The van der Waals surface area contributed by atoms with Gasteiger partial charge in [-0.1, -0.05) is 12.1 Å². The van der Waals surface area contributed by atoms with Gasteiger partial charge in [-0.25, -0.2) is 0 Å². The van der Waals surface area contributed by atoms with Gasteiger partial charge >= 0.3 is 0 Å². The van der Waals surface area contributed by atoms with Gasteiger partial charge in [0.2, 0.25) is 0 Å². The van der Waals surface area contributed by atoms with Gasteiger partial charge in [-0.05, 0) is 44.7 Å². The second-order valence-corrected chi connectivity index (χ2v) is 6.15. The zero-order valence-electron chi connectivity index (χ0n) is 13.6. The number of nitrogens with one attached hydrogen (secondary N) is 1. The van der Waals surface area contributed by atoms with Crippen LogP contribution in [0.3, 0.4) is 0 Å². The monoisotopic (exact) mass is 303 g/mol. The van der Waals surface area contributed by atoms with Crippen LogP contribution < -0.4 is 10.1 Å². The summed E-state index contributed by atoms with van der Waals surface area (Å²) in [6, 6.07) is 8.71. The molecule has 3 rings (SSSR count). The van der Waals surface area contributed by atoms with Crippen LogP contribution in [-0.4, -0.2) is 26.4 Å². The number of fused-ring (bicyclic) bond motifs is 1. The summed E-state index contributed by atoms with van der Waals surface area (Å²) in [4.78, 5) is 0. The number of hydrogen-bond donors (Lipinski definition) is 1. The van der Waals surface area contributed by atoms with E-state index in [2.05, 4.69) is 31.3 Å². The van der Waals surface area contributed by atoms with Crippen LogP contribution in [0.15, 0.2) is 28.7 Å². The summed E-state index contributed by atoms with van der Waals surface area (Å²) in [5, 5.41) is 4.76. The molecule has 0 radical (unpaired) electrons. The molecule has 0 amide bonds. The fourth-order valence-electron chi connectivity index (χ4n) is 3.26. The first-order valence-corrected chi connectivity index (χ1v) is 8.09. The predicted molar refractivity (Wildman–Crippen MR) is 87.3 cm³/mol. The quantitative estimate of drug-likeness (QED) is 0.909. The normalized spacial score (nSPS) is 19.2. The molecule has 22 heavy (non-hydrogen) atoms. The maximum atomic E-state index is 6.03. The van der Waals surface area contributed by atoms with Gasteiger partial charge in [0.25, 0.3) is 0 Å². The maximum Gasteiger partial charge on any atom is 0.176 e. The smallest absolute Gasteiger partial charge is 0.176 e. The largest absolute Gasteiger partial charge is 0.493 e. The van der Waals surface area contributed by atoms with Crippen molar-refractivity contribution in [1.82, 2.24) is 5.32 Å². The van der Waals surface area contributed by atoms with Gasteiger partial charge in [-0.2, -0.15) is 0 Å². The summed E-state index contributed by atoms with van der Waals surface area (Å²) in [6.07, 6.45) is 2.27. The molecule has 2 atom stereocenters. The van der Waals surface area contributed by atoms with E-state index < -0.39 is 0 Å². The lowest BCUT2D eigenvalue weighted by Gasteiger charge is -2.30. The fraction of sp³-hybridized carbons (Fsp3) is 0.556. The summed E-state index contributed by atoms with van der Waals surface area (Å²) >= 11 is 0. The molecule has 0 saturated carbocycles. The minimum Gasteiger partial charge on any atom is -0.493 e. The van der Waals surface area contributed by atoms with Crippen LogP contribution in [-0.2, 0) is 4.74 Å². The molecule has 0 spiro atoms. The first-order chi connectivity index (χ1) is 10.7. The zero-order valence-corrected chi connectivity index (χ0v) is 13.6. The van der Waals surface area contributed by atoms with E-state index >= 15 is 0 Å². The van der Waals surface area contributed by atoms with Gasteiger partial charge in [-0.3, -0.25) is 0 Å². The molecular weight excluding hydrogens is 278 g/mol. The molecule has 2 unspecified atom stereocenters. The molecule has 1 N–H and O–H groups in total. The second-order valence-electron chi connectivity index (χ2n) is 6.15. The molecule has 0 bridgehead atoms. The average Bonchev–Trinajstić information content (AvgIpc) is 2.99. The third kappa shape index (κ3) is 3.13. The second kappa shape index (κ2) is 6.71. The van der Waals surface area contributed by atoms with E-state index in [4.69, 9.17) is 13.9 Å². The summed E-state index contributed by atoms with van der Waals surface area (Å²) in [5.41, 5.74) is 0.826. The molecule has 4 nitrogen and oxygen atoms in total. The number of methoxy groups -OCH3 is 1. The number of furan rings is 1. The number of rotatable bonds is 5. The van der Waals surface area contributed by atoms with Crippen molar-refractivity contribution in [3.63, 3.8) is 0 Å². The van der Waals surface area contributed by atoms with Crippen molar-refractivity contribution >= 4 is 11.0 Å². The molecule has 1 aromatic carbocycles. The van der Waals surface area contributed by atoms with E-state index in [1.807, 2.05) is 12.1 Å². The topological polar surface area (TPSA) is 43.6 Å². The van der Waals surface area contributed by atoms with Crippen LogP contribution in [0.5, 0.6) is 5.75 Å². The molecule has 120 valence electrons. The minimum absolute atomic E-state index is 0.176. The SMILES string of the molecule is COc1cccc2cc(C(C)NC(C)C3CCOCC3)oc12. The standard InChI is InChI=1S/C18H25NO3/c1-12(14-7-9-21-10-8-14)19-13(2)17-11-15-5-4-6-16(20-3)18(15)22-17/h4-6,11-14,19H,7-10H2,1-3H3. The van der Waals surface area contributed by atoms with E-state index in [1.165, 1.54) is 0 Å². The molecular formula is C18H25NO3. The zero-order chi connectivity index (χ0) is 15.5. The molecule has 1 aliphatic heterocycles. The average molecular weight is 303 g/mol. The van der Waals surface area contributed by atoms with E-state index in [0.717, 1.165) is 48.5 Å². The summed E-state index contributed by atoms with van der Waals surface area (Å²) in [5.74, 6) is 2.42. The maximum absolute atomic E-state index is 6.03. The van der Waals surface area contributed by atoms with Crippen LogP contribution in [0.4, 0.5) is 0 Å². The van der Waals surface area contributed by atoms with Gasteiger partial charge < -0.3 is 19.2 Å². The van der Waals surface area contributed by atoms with Crippen LogP contribution in [0, 0.1) is 5.92 Å². The van der Waals surface area contributed by atoms with Gasteiger partial charge in [0, 0.05) is 24.6 Å². The van der Waals surface area contributed by atoms with Crippen molar-refractivity contribution < 1.29 is 13.9 Å². The van der Waals surface area contributed by atoms with Crippen molar-refractivity contribution in [2.24, 2.45) is 5.92 Å². The Labute approximate surface area is 131 Å². The third-order valence-electron chi connectivity index (χ3n) is 4.66. The highest BCUT2D eigenvalue weighted by molar-refractivity contribution is 5.83. The summed E-state index contributed by atoms with van der Waals surface area (Å²) < 4.78 is 16.8. The summed E-state index contributed by atoms with van der Waals surface area (Å²) in [6.45, 7) is 6.18. The molecule has 2 heterocycles. The molecule has 1 aliphatic rings. The highest BCUT2D eigenvalue weighted by Gasteiger charge is 2.23.